The maximum Gasteiger partial charge on any atom is 0.328 e. The van der Waals surface area contributed by atoms with E-state index in [-0.39, 0.29) is 53.7 Å². The largest absolute Gasteiger partial charge is 0.460 e. The minimum absolute atomic E-state index is 0.00296. The molecule has 2 saturated carbocycles. The van der Waals surface area contributed by atoms with Gasteiger partial charge in [0, 0.05) is 23.3 Å². The van der Waals surface area contributed by atoms with E-state index in [9.17, 15) is 14.7 Å². The van der Waals surface area contributed by atoms with Crippen molar-refractivity contribution in [2.45, 2.75) is 85.6 Å². The Morgan fingerprint density at radius 1 is 1.19 bits per heavy atom. The number of nitrogen functional groups attached to an aromatic ring is 2. The van der Waals surface area contributed by atoms with E-state index >= 15 is 0 Å². The molecule has 2 aliphatic carbocycles. The van der Waals surface area contributed by atoms with Gasteiger partial charge in [-0.1, -0.05) is 70.5 Å². The van der Waals surface area contributed by atoms with Crippen LogP contribution in [-0.2, 0) is 27.4 Å². The lowest BCUT2D eigenvalue weighted by atomic mass is 9.55. The van der Waals surface area contributed by atoms with Crippen molar-refractivity contribution >= 4 is 34.7 Å². The maximum atomic E-state index is 13.5. The highest BCUT2D eigenvalue weighted by Crippen LogP contribution is 2.55. The van der Waals surface area contributed by atoms with Gasteiger partial charge in [-0.15, -0.1) is 5.10 Å². The van der Waals surface area contributed by atoms with Crippen molar-refractivity contribution in [3.05, 3.63) is 42.4 Å². The molecular weight excluding hydrogens is 598 g/mol. The molecule has 1 aromatic carbocycles. The summed E-state index contributed by atoms with van der Waals surface area (Å²) in [6.45, 7) is 10.9. The summed E-state index contributed by atoms with van der Waals surface area (Å²) in [5, 5.41) is 19.7. The molecule has 8 atom stereocenters. The zero-order valence-corrected chi connectivity index (χ0v) is 27.7. The fraction of sp³-hybridized carbons (Fsp3) is 0.559. The molecule has 3 heterocycles. The number of hydrogen-bond donors (Lipinski definition) is 3. The van der Waals surface area contributed by atoms with Crippen molar-refractivity contribution in [2.75, 3.05) is 11.5 Å². The molecule has 6 rings (SSSR count). The van der Waals surface area contributed by atoms with Crippen LogP contribution in [0.5, 0.6) is 0 Å². The molecule has 0 aliphatic heterocycles. The van der Waals surface area contributed by atoms with Crippen LogP contribution >= 0.6 is 0 Å². The molecule has 250 valence electrons. The SMILES string of the molecule is CCC(C)[C@]1(C)[C@@H]2C(=O)CCC2[C@@H](C)[C@H](O)[C@@H](C)C[C@H]1OC(=O)Cn1cc(-c2ccc(Cn3cnc4c(N)nc(N)nc43)cc2)nn1. The summed E-state index contributed by atoms with van der Waals surface area (Å²) in [5.41, 5.74) is 14.7. The Labute approximate surface area is 274 Å². The van der Waals surface area contributed by atoms with Crippen molar-refractivity contribution in [3.63, 3.8) is 0 Å². The highest BCUT2D eigenvalue weighted by molar-refractivity contribution is 5.85. The lowest BCUT2D eigenvalue weighted by Gasteiger charge is -2.51. The summed E-state index contributed by atoms with van der Waals surface area (Å²) in [6.07, 6.45) is 4.92. The van der Waals surface area contributed by atoms with E-state index in [1.807, 2.05) is 35.8 Å². The van der Waals surface area contributed by atoms with Crippen molar-refractivity contribution in [3.8, 4) is 11.3 Å². The molecule has 5 N–H and O–H groups in total. The minimum atomic E-state index is -0.564. The highest BCUT2D eigenvalue weighted by Gasteiger charge is 2.58. The summed E-state index contributed by atoms with van der Waals surface area (Å²) >= 11 is 0. The number of carbonyl (C=O) groups excluding carboxylic acids is 2. The maximum absolute atomic E-state index is 13.5. The number of Topliss-reactive ketones (excluding diaryl/α,β-unsaturated/α-hetero) is 1. The predicted molar refractivity (Wildman–Crippen MR) is 176 cm³/mol. The Hall–Kier alpha value is -4.39. The summed E-state index contributed by atoms with van der Waals surface area (Å²) in [4.78, 5) is 39.5. The van der Waals surface area contributed by atoms with Crippen LogP contribution in [0.3, 0.4) is 0 Å². The standard InChI is InChI=1S/C34H45N9O4/c1-6-19(3)34(5)26(13-18(2)30(46)20(4)23-11-12-25(44)28(23)34)47-27(45)16-43-15-24(40-41-43)22-9-7-21(8-10-22)14-42-17-37-29-31(35)38-33(36)39-32(29)42/h7-10,15,17-20,23,26,28,30,46H,6,11-14,16H2,1-5H3,(H4,35,36,38,39)/t18-,19?,20+,23?,26+,28-,30+,34-/m0/s1. The first-order valence-electron chi connectivity index (χ1n) is 16.5. The average molecular weight is 644 g/mol. The van der Waals surface area contributed by atoms with E-state index in [1.165, 1.54) is 4.68 Å². The van der Waals surface area contributed by atoms with Crippen molar-refractivity contribution in [1.82, 2.24) is 34.5 Å². The zero-order chi connectivity index (χ0) is 33.6. The van der Waals surface area contributed by atoms with E-state index in [2.05, 4.69) is 53.0 Å². The summed E-state index contributed by atoms with van der Waals surface area (Å²) in [6, 6.07) is 7.82. The third-order valence-corrected chi connectivity index (χ3v) is 11.1. The molecule has 0 spiro atoms. The number of aliphatic hydroxyl groups is 1. The van der Waals surface area contributed by atoms with E-state index in [1.54, 1.807) is 12.5 Å². The third kappa shape index (κ3) is 5.97. The Kier molecular flexibility index (Phi) is 8.77. The summed E-state index contributed by atoms with van der Waals surface area (Å²) in [5.74, 6) is -0.0167. The van der Waals surface area contributed by atoms with Gasteiger partial charge in [-0.3, -0.25) is 9.59 Å². The van der Waals surface area contributed by atoms with Gasteiger partial charge in [0.05, 0.1) is 25.2 Å². The second-order valence-electron chi connectivity index (χ2n) is 13.9. The number of hydrogen-bond acceptors (Lipinski definition) is 11. The van der Waals surface area contributed by atoms with Gasteiger partial charge in [0.25, 0.3) is 0 Å². The Morgan fingerprint density at radius 2 is 1.94 bits per heavy atom. The molecule has 2 aliphatic rings. The van der Waals surface area contributed by atoms with Gasteiger partial charge >= 0.3 is 5.97 Å². The number of rotatable bonds is 8. The van der Waals surface area contributed by atoms with Crippen molar-refractivity contribution in [2.24, 2.45) is 35.0 Å². The first kappa shape index (κ1) is 32.5. The smallest absolute Gasteiger partial charge is 0.328 e. The number of carbonyl (C=O) groups is 2. The number of anilines is 2. The van der Waals surface area contributed by atoms with Crippen molar-refractivity contribution < 1.29 is 19.4 Å². The van der Waals surface area contributed by atoms with Gasteiger partial charge < -0.3 is 25.9 Å². The number of benzene rings is 1. The average Bonchev–Trinajstić information content (AvgIpc) is 3.78. The number of fused-ring (bicyclic) bond motifs is 2. The molecule has 0 radical (unpaired) electrons. The van der Waals surface area contributed by atoms with Crippen LogP contribution in [0, 0.1) is 35.0 Å². The van der Waals surface area contributed by atoms with Crippen LogP contribution in [0.25, 0.3) is 22.4 Å². The second kappa shape index (κ2) is 12.7. The van der Waals surface area contributed by atoms with Crippen LogP contribution in [0.2, 0.25) is 0 Å². The second-order valence-corrected chi connectivity index (χ2v) is 13.9. The Balaban J connectivity index is 1.16. The zero-order valence-electron chi connectivity index (χ0n) is 27.7. The number of esters is 1. The first-order chi connectivity index (χ1) is 22.4. The molecule has 13 nitrogen and oxygen atoms in total. The monoisotopic (exact) mass is 643 g/mol. The lowest BCUT2D eigenvalue weighted by molar-refractivity contribution is -0.177. The number of ether oxygens (including phenoxy) is 1. The predicted octanol–water partition coefficient (Wildman–Crippen LogP) is 3.89. The number of aliphatic hydroxyl groups excluding tert-OH is 1. The molecule has 0 bridgehead atoms. The molecule has 2 fully saturated rings. The molecule has 0 amide bonds. The van der Waals surface area contributed by atoms with Crippen LogP contribution < -0.4 is 11.5 Å². The highest BCUT2D eigenvalue weighted by atomic mass is 16.5. The quantitative estimate of drug-likeness (QED) is 0.236. The van der Waals surface area contributed by atoms with Crippen LogP contribution in [0.15, 0.2) is 36.8 Å². The Bertz CT molecular complexity index is 1770. The van der Waals surface area contributed by atoms with Gasteiger partial charge in [0.2, 0.25) is 5.95 Å². The van der Waals surface area contributed by atoms with Gasteiger partial charge in [-0.2, -0.15) is 9.97 Å². The minimum Gasteiger partial charge on any atom is -0.460 e. The summed E-state index contributed by atoms with van der Waals surface area (Å²) in [7, 11) is 0. The first-order valence-corrected chi connectivity index (χ1v) is 16.5. The molecule has 0 saturated heterocycles. The fourth-order valence-electron chi connectivity index (χ4n) is 8.10. The molecule has 13 heteroatoms. The van der Waals surface area contributed by atoms with Crippen LogP contribution in [0.4, 0.5) is 11.8 Å². The Morgan fingerprint density at radius 3 is 2.66 bits per heavy atom. The molecule has 47 heavy (non-hydrogen) atoms. The fourth-order valence-corrected chi connectivity index (χ4v) is 8.10. The van der Waals surface area contributed by atoms with Crippen LogP contribution in [-0.4, -0.2) is 63.6 Å². The third-order valence-electron chi connectivity index (χ3n) is 11.1. The lowest BCUT2D eigenvalue weighted by Crippen LogP contribution is -2.54. The topological polar surface area (TPSA) is 190 Å². The van der Waals surface area contributed by atoms with Gasteiger partial charge in [0.15, 0.2) is 11.5 Å². The molecule has 3 aromatic heterocycles. The molecule has 4 aromatic rings. The van der Waals surface area contributed by atoms with Crippen LogP contribution in [0.1, 0.15) is 65.9 Å². The van der Waals surface area contributed by atoms with Crippen molar-refractivity contribution in [1.29, 1.82) is 0 Å². The van der Waals surface area contributed by atoms with E-state index < -0.39 is 23.6 Å². The molecular formula is C34H45N9O4. The van der Waals surface area contributed by atoms with E-state index in [0.29, 0.717) is 36.2 Å². The number of aromatic nitrogens is 7. The number of nitrogens with zero attached hydrogens (tertiary/aromatic N) is 7. The van der Waals surface area contributed by atoms with E-state index in [4.69, 9.17) is 16.2 Å². The number of imidazole rings is 1. The van der Waals surface area contributed by atoms with Gasteiger partial charge in [-0.25, -0.2) is 9.67 Å². The molecule has 2 unspecified atom stereocenters. The van der Waals surface area contributed by atoms with Gasteiger partial charge in [-0.05, 0) is 42.1 Å². The number of nitrogens with two attached hydrogens (primary N) is 2. The van der Waals surface area contributed by atoms with Gasteiger partial charge in [0.1, 0.15) is 29.6 Å². The number of ketones is 1. The normalized spacial score (nSPS) is 28.5. The van der Waals surface area contributed by atoms with E-state index in [0.717, 1.165) is 24.0 Å². The summed E-state index contributed by atoms with van der Waals surface area (Å²) < 4.78 is 9.61.